The number of rotatable bonds is 6. The monoisotopic (exact) mass is 290 g/mol. The predicted octanol–water partition coefficient (Wildman–Crippen LogP) is 2.97. The van der Waals surface area contributed by atoms with Crippen LogP contribution in [0.15, 0.2) is 18.2 Å². The van der Waals surface area contributed by atoms with Gasteiger partial charge < -0.3 is 15.4 Å². The Morgan fingerprint density at radius 2 is 2.29 bits per heavy atom. The van der Waals surface area contributed by atoms with E-state index in [0.717, 1.165) is 55.8 Å². The first kappa shape index (κ1) is 15.8. The van der Waals surface area contributed by atoms with E-state index in [1.807, 2.05) is 25.1 Å². The fourth-order valence-electron chi connectivity index (χ4n) is 2.57. The highest BCUT2D eigenvalue weighted by Crippen LogP contribution is 2.17. The van der Waals surface area contributed by atoms with Crippen LogP contribution in [0.2, 0.25) is 0 Å². The van der Waals surface area contributed by atoms with Gasteiger partial charge in [-0.25, -0.2) is 0 Å². The summed E-state index contributed by atoms with van der Waals surface area (Å²) in [6.45, 7) is 7.44. The SMILES string of the molecule is CCCNc1ccc(C(=O)NCC2CCCOC2)cc1C. The normalized spacial score (nSPS) is 18.3. The molecule has 2 rings (SSSR count). The molecule has 0 bridgehead atoms. The maximum atomic E-state index is 12.2. The quantitative estimate of drug-likeness (QED) is 0.847. The van der Waals surface area contributed by atoms with Gasteiger partial charge in [-0.1, -0.05) is 6.92 Å². The van der Waals surface area contributed by atoms with Crippen molar-refractivity contribution in [2.45, 2.75) is 33.1 Å². The second kappa shape index (κ2) is 8.03. The Morgan fingerprint density at radius 3 is 2.95 bits per heavy atom. The Morgan fingerprint density at radius 1 is 1.43 bits per heavy atom. The molecule has 116 valence electrons. The summed E-state index contributed by atoms with van der Waals surface area (Å²) in [5.41, 5.74) is 2.94. The number of aryl methyl sites for hydroxylation is 1. The fraction of sp³-hybridized carbons (Fsp3) is 0.588. The molecule has 4 nitrogen and oxygen atoms in total. The smallest absolute Gasteiger partial charge is 0.251 e. The fourth-order valence-corrected chi connectivity index (χ4v) is 2.57. The molecule has 4 heteroatoms. The standard InChI is InChI=1S/C17H26N2O2/c1-3-8-18-16-7-6-15(10-13(16)2)17(20)19-11-14-5-4-9-21-12-14/h6-7,10,14,18H,3-5,8-9,11-12H2,1-2H3,(H,19,20). The molecule has 0 aromatic heterocycles. The second-order valence-corrected chi connectivity index (χ2v) is 5.75. The van der Waals surface area contributed by atoms with Crippen molar-refractivity contribution in [3.63, 3.8) is 0 Å². The van der Waals surface area contributed by atoms with Gasteiger partial charge in [-0.3, -0.25) is 4.79 Å². The van der Waals surface area contributed by atoms with Crippen LogP contribution >= 0.6 is 0 Å². The third kappa shape index (κ3) is 4.74. The molecule has 1 aromatic rings. The number of ether oxygens (including phenoxy) is 1. The minimum absolute atomic E-state index is 0.00529. The van der Waals surface area contributed by atoms with E-state index < -0.39 is 0 Å². The van der Waals surface area contributed by atoms with Gasteiger partial charge >= 0.3 is 0 Å². The van der Waals surface area contributed by atoms with Crippen molar-refractivity contribution < 1.29 is 9.53 Å². The summed E-state index contributed by atoms with van der Waals surface area (Å²) in [6, 6.07) is 5.83. The number of anilines is 1. The number of amides is 1. The van der Waals surface area contributed by atoms with Crippen LogP contribution in [0.4, 0.5) is 5.69 Å². The van der Waals surface area contributed by atoms with Crippen molar-refractivity contribution in [2.75, 3.05) is 31.6 Å². The van der Waals surface area contributed by atoms with Crippen molar-refractivity contribution >= 4 is 11.6 Å². The molecular formula is C17H26N2O2. The molecule has 1 saturated heterocycles. The second-order valence-electron chi connectivity index (χ2n) is 5.75. The molecule has 0 radical (unpaired) electrons. The maximum absolute atomic E-state index is 12.2. The van der Waals surface area contributed by atoms with E-state index in [4.69, 9.17) is 4.74 Å². The Hall–Kier alpha value is -1.55. The maximum Gasteiger partial charge on any atom is 0.251 e. The summed E-state index contributed by atoms with van der Waals surface area (Å²) in [5, 5.41) is 6.38. The molecule has 0 aliphatic carbocycles. The highest BCUT2D eigenvalue weighted by molar-refractivity contribution is 5.94. The number of carbonyl (C=O) groups excluding carboxylic acids is 1. The zero-order chi connectivity index (χ0) is 15.1. The van der Waals surface area contributed by atoms with Crippen molar-refractivity contribution in [1.29, 1.82) is 0 Å². The minimum atomic E-state index is 0.00529. The molecule has 1 unspecified atom stereocenters. The molecule has 1 aliphatic rings. The van der Waals surface area contributed by atoms with Gasteiger partial charge in [-0.15, -0.1) is 0 Å². The highest BCUT2D eigenvalue weighted by atomic mass is 16.5. The predicted molar refractivity (Wildman–Crippen MR) is 85.8 cm³/mol. The molecular weight excluding hydrogens is 264 g/mol. The van der Waals surface area contributed by atoms with E-state index in [-0.39, 0.29) is 5.91 Å². The summed E-state index contributed by atoms with van der Waals surface area (Å²) < 4.78 is 5.43. The van der Waals surface area contributed by atoms with E-state index in [9.17, 15) is 4.79 Å². The zero-order valence-corrected chi connectivity index (χ0v) is 13.1. The molecule has 1 aliphatic heterocycles. The number of carbonyl (C=O) groups is 1. The van der Waals surface area contributed by atoms with Gasteiger partial charge in [0, 0.05) is 30.9 Å². The summed E-state index contributed by atoms with van der Waals surface area (Å²) >= 11 is 0. The first-order valence-electron chi connectivity index (χ1n) is 7.91. The number of hydrogen-bond donors (Lipinski definition) is 2. The van der Waals surface area contributed by atoms with Crippen LogP contribution in [0.3, 0.4) is 0 Å². The van der Waals surface area contributed by atoms with Crippen LogP contribution in [0, 0.1) is 12.8 Å². The van der Waals surface area contributed by atoms with Crippen LogP contribution in [0.5, 0.6) is 0 Å². The lowest BCUT2D eigenvalue weighted by Gasteiger charge is -2.22. The highest BCUT2D eigenvalue weighted by Gasteiger charge is 2.15. The Bertz CT molecular complexity index is 468. The summed E-state index contributed by atoms with van der Waals surface area (Å²) in [5.74, 6) is 0.458. The van der Waals surface area contributed by atoms with Gasteiger partial charge in [0.2, 0.25) is 0 Å². The Labute approximate surface area is 127 Å². The van der Waals surface area contributed by atoms with Crippen LogP contribution in [-0.4, -0.2) is 32.2 Å². The lowest BCUT2D eigenvalue weighted by molar-refractivity contribution is 0.0536. The summed E-state index contributed by atoms with van der Waals surface area (Å²) in [4.78, 5) is 12.2. The van der Waals surface area contributed by atoms with Gasteiger partial charge in [-0.2, -0.15) is 0 Å². The van der Waals surface area contributed by atoms with Crippen molar-refractivity contribution in [3.05, 3.63) is 29.3 Å². The molecule has 0 spiro atoms. The average molecular weight is 290 g/mol. The Balaban J connectivity index is 1.88. The van der Waals surface area contributed by atoms with Crippen molar-refractivity contribution in [2.24, 2.45) is 5.92 Å². The van der Waals surface area contributed by atoms with Crippen LogP contribution in [-0.2, 0) is 4.74 Å². The molecule has 1 fully saturated rings. The molecule has 1 atom stereocenters. The summed E-state index contributed by atoms with van der Waals surface area (Å²) in [6.07, 6.45) is 3.32. The molecule has 1 aromatic carbocycles. The molecule has 21 heavy (non-hydrogen) atoms. The molecule has 1 heterocycles. The zero-order valence-electron chi connectivity index (χ0n) is 13.1. The first-order chi connectivity index (χ1) is 10.2. The Kier molecular flexibility index (Phi) is 6.05. The molecule has 1 amide bonds. The van der Waals surface area contributed by atoms with Crippen molar-refractivity contribution in [1.82, 2.24) is 5.32 Å². The lowest BCUT2D eigenvalue weighted by Crippen LogP contribution is -2.33. The van der Waals surface area contributed by atoms with E-state index in [2.05, 4.69) is 17.6 Å². The van der Waals surface area contributed by atoms with Crippen LogP contribution in [0.25, 0.3) is 0 Å². The van der Waals surface area contributed by atoms with Gasteiger partial charge in [0.1, 0.15) is 0 Å². The molecule has 0 saturated carbocycles. The van der Waals surface area contributed by atoms with E-state index in [1.54, 1.807) is 0 Å². The average Bonchev–Trinajstić information content (AvgIpc) is 2.52. The van der Waals surface area contributed by atoms with E-state index in [1.165, 1.54) is 0 Å². The number of benzene rings is 1. The third-order valence-corrected chi connectivity index (χ3v) is 3.86. The van der Waals surface area contributed by atoms with Crippen LogP contribution < -0.4 is 10.6 Å². The van der Waals surface area contributed by atoms with Gasteiger partial charge in [0.15, 0.2) is 0 Å². The van der Waals surface area contributed by atoms with Gasteiger partial charge in [0.25, 0.3) is 5.91 Å². The van der Waals surface area contributed by atoms with Crippen molar-refractivity contribution in [3.8, 4) is 0 Å². The summed E-state index contributed by atoms with van der Waals surface area (Å²) in [7, 11) is 0. The lowest BCUT2D eigenvalue weighted by atomic mass is 10.0. The first-order valence-corrected chi connectivity index (χ1v) is 7.91. The van der Waals surface area contributed by atoms with Gasteiger partial charge in [0.05, 0.1) is 6.61 Å². The third-order valence-electron chi connectivity index (χ3n) is 3.86. The minimum Gasteiger partial charge on any atom is -0.385 e. The number of nitrogens with one attached hydrogen (secondary N) is 2. The van der Waals surface area contributed by atoms with Crippen LogP contribution in [0.1, 0.15) is 42.1 Å². The largest absolute Gasteiger partial charge is 0.385 e. The van der Waals surface area contributed by atoms with E-state index >= 15 is 0 Å². The number of hydrogen-bond acceptors (Lipinski definition) is 3. The topological polar surface area (TPSA) is 50.4 Å². The van der Waals surface area contributed by atoms with E-state index in [0.29, 0.717) is 12.5 Å². The molecule has 2 N–H and O–H groups in total. The van der Waals surface area contributed by atoms with Gasteiger partial charge in [-0.05, 0) is 55.9 Å².